The van der Waals surface area contributed by atoms with Crippen molar-refractivity contribution in [3.8, 4) is 0 Å². The molecule has 1 atom stereocenters. The van der Waals surface area contributed by atoms with Gasteiger partial charge in [0.15, 0.2) is 4.96 Å². The van der Waals surface area contributed by atoms with Crippen LogP contribution in [0, 0.1) is 6.92 Å². The van der Waals surface area contributed by atoms with Crippen molar-refractivity contribution in [3.05, 3.63) is 39.3 Å². The highest BCUT2D eigenvalue weighted by molar-refractivity contribution is 7.15. The van der Waals surface area contributed by atoms with Crippen LogP contribution >= 0.6 is 11.3 Å². The monoisotopic (exact) mass is 374 g/mol. The van der Waals surface area contributed by atoms with E-state index >= 15 is 0 Å². The SMILES string of the molecule is CCn1c(C2CCCN(C(=O)c3c(C)nc4sccn34)C2)nn(C)c1=O. The molecule has 0 spiro atoms. The number of hydrogen-bond acceptors (Lipinski definition) is 5. The molecule has 1 amide bonds. The summed E-state index contributed by atoms with van der Waals surface area (Å²) in [6.45, 7) is 5.70. The summed E-state index contributed by atoms with van der Waals surface area (Å²) in [5.41, 5.74) is 1.29. The van der Waals surface area contributed by atoms with Gasteiger partial charge in [-0.3, -0.25) is 13.8 Å². The lowest BCUT2D eigenvalue weighted by atomic mass is 9.96. The summed E-state index contributed by atoms with van der Waals surface area (Å²) in [6.07, 6.45) is 3.72. The summed E-state index contributed by atoms with van der Waals surface area (Å²) in [5, 5.41) is 6.37. The van der Waals surface area contributed by atoms with Gasteiger partial charge in [0.2, 0.25) is 0 Å². The Morgan fingerprint density at radius 2 is 2.23 bits per heavy atom. The Bertz CT molecular complexity index is 1030. The molecule has 8 nitrogen and oxygen atoms in total. The van der Waals surface area contributed by atoms with Gasteiger partial charge in [-0.05, 0) is 26.7 Å². The molecule has 3 aromatic heterocycles. The molecule has 1 aliphatic rings. The highest BCUT2D eigenvalue weighted by Crippen LogP contribution is 2.27. The average molecular weight is 374 g/mol. The fourth-order valence-corrected chi connectivity index (χ4v) is 4.56. The fourth-order valence-electron chi connectivity index (χ4n) is 3.80. The first-order valence-corrected chi connectivity index (χ1v) is 9.74. The lowest BCUT2D eigenvalue weighted by molar-refractivity contribution is 0.0695. The van der Waals surface area contributed by atoms with Crippen LogP contribution in [0.25, 0.3) is 4.96 Å². The number of hydrogen-bond donors (Lipinski definition) is 0. The van der Waals surface area contributed by atoms with Crippen LogP contribution in [0.5, 0.6) is 0 Å². The van der Waals surface area contributed by atoms with Crippen molar-refractivity contribution in [1.29, 1.82) is 0 Å². The van der Waals surface area contributed by atoms with E-state index in [0.717, 1.165) is 35.9 Å². The second-order valence-electron chi connectivity index (χ2n) is 6.70. The lowest BCUT2D eigenvalue weighted by Gasteiger charge is -2.32. The highest BCUT2D eigenvalue weighted by Gasteiger charge is 2.31. The minimum atomic E-state index is -0.0995. The zero-order chi connectivity index (χ0) is 18.4. The Balaban J connectivity index is 1.64. The van der Waals surface area contributed by atoms with Crippen LogP contribution in [0.15, 0.2) is 16.4 Å². The number of fused-ring (bicyclic) bond motifs is 1. The van der Waals surface area contributed by atoms with Crippen LogP contribution < -0.4 is 5.69 Å². The van der Waals surface area contributed by atoms with E-state index in [2.05, 4.69) is 10.1 Å². The molecule has 1 saturated heterocycles. The second-order valence-corrected chi connectivity index (χ2v) is 7.57. The molecular formula is C17H22N6O2S. The third-order valence-corrected chi connectivity index (χ3v) is 5.82. The van der Waals surface area contributed by atoms with E-state index in [0.29, 0.717) is 18.8 Å². The van der Waals surface area contributed by atoms with Crippen LogP contribution in [0.4, 0.5) is 0 Å². The predicted molar refractivity (Wildman–Crippen MR) is 98.8 cm³/mol. The van der Waals surface area contributed by atoms with Gasteiger partial charge in [0.1, 0.15) is 11.5 Å². The van der Waals surface area contributed by atoms with Gasteiger partial charge >= 0.3 is 5.69 Å². The highest BCUT2D eigenvalue weighted by atomic mass is 32.1. The van der Waals surface area contributed by atoms with Crippen LogP contribution in [-0.2, 0) is 13.6 Å². The number of amides is 1. The second kappa shape index (κ2) is 6.39. The van der Waals surface area contributed by atoms with Gasteiger partial charge in [-0.15, -0.1) is 11.3 Å². The number of piperidine rings is 1. The van der Waals surface area contributed by atoms with Crippen LogP contribution in [0.2, 0.25) is 0 Å². The molecule has 9 heteroatoms. The molecule has 0 saturated carbocycles. The van der Waals surface area contributed by atoms with E-state index in [1.165, 1.54) is 16.0 Å². The molecule has 0 aliphatic carbocycles. The normalized spacial score (nSPS) is 18.0. The number of carbonyl (C=O) groups excluding carboxylic acids is 1. The zero-order valence-electron chi connectivity index (χ0n) is 15.2. The minimum absolute atomic E-state index is 0.000531. The van der Waals surface area contributed by atoms with Crippen molar-refractivity contribution in [2.75, 3.05) is 13.1 Å². The quantitative estimate of drug-likeness (QED) is 0.698. The summed E-state index contributed by atoms with van der Waals surface area (Å²) in [6, 6.07) is 0. The van der Waals surface area contributed by atoms with E-state index in [9.17, 15) is 9.59 Å². The predicted octanol–water partition coefficient (Wildman–Crippen LogP) is 1.64. The number of carbonyl (C=O) groups is 1. The summed E-state index contributed by atoms with van der Waals surface area (Å²) < 4.78 is 4.96. The van der Waals surface area contributed by atoms with Crippen molar-refractivity contribution >= 4 is 22.2 Å². The maximum Gasteiger partial charge on any atom is 0.345 e. The zero-order valence-corrected chi connectivity index (χ0v) is 16.0. The van der Waals surface area contributed by atoms with E-state index in [1.54, 1.807) is 11.6 Å². The average Bonchev–Trinajstić information content (AvgIpc) is 3.28. The van der Waals surface area contributed by atoms with E-state index in [1.807, 2.05) is 34.7 Å². The minimum Gasteiger partial charge on any atom is -0.337 e. The molecule has 1 fully saturated rings. The summed E-state index contributed by atoms with van der Waals surface area (Å²) in [7, 11) is 1.67. The molecule has 0 N–H and O–H groups in total. The third-order valence-electron chi connectivity index (χ3n) is 5.07. The van der Waals surface area contributed by atoms with Crippen molar-refractivity contribution in [2.45, 2.75) is 39.2 Å². The summed E-state index contributed by atoms with van der Waals surface area (Å²) in [4.78, 5) is 32.6. The Morgan fingerprint density at radius 1 is 1.42 bits per heavy atom. The van der Waals surface area contributed by atoms with Gasteiger partial charge in [0.25, 0.3) is 5.91 Å². The maximum atomic E-state index is 13.2. The molecular weight excluding hydrogens is 352 g/mol. The standard InChI is InChI=1S/C17H22N6O2S/c1-4-22-14(19-20(3)17(22)25)12-6-5-7-21(10-12)15(24)13-11(2)18-16-23(13)8-9-26-16/h8-9,12H,4-7,10H2,1-3H3. The molecule has 0 radical (unpaired) electrons. The molecule has 0 aromatic carbocycles. The number of thiazole rings is 1. The number of aromatic nitrogens is 5. The first-order chi connectivity index (χ1) is 12.5. The van der Waals surface area contributed by atoms with Crippen LogP contribution in [0.1, 0.15) is 47.7 Å². The molecule has 1 unspecified atom stereocenters. The van der Waals surface area contributed by atoms with Gasteiger partial charge in [0.05, 0.1) is 5.69 Å². The van der Waals surface area contributed by atoms with E-state index < -0.39 is 0 Å². The van der Waals surface area contributed by atoms with E-state index in [4.69, 9.17) is 0 Å². The number of rotatable bonds is 3. The Kier molecular flexibility index (Phi) is 4.18. The van der Waals surface area contributed by atoms with E-state index in [-0.39, 0.29) is 17.5 Å². The molecule has 4 rings (SSSR count). The van der Waals surface area contributed by atoms with Crippen LogP contribution in [0.3, 0.4) is 0 Å². The molecule has 0 bridgehead atoms. The topological polar surface area (TPSA) is 77.4 Å². The first-order valence-electron chi connectivity index (χ1n) is 8.86. The molecule has 1 aliphatic heterocycles. The summed E-state index contributed by atoms with van der Waals surface area (Å²) >= 11 is 1.52. The van der Waals surface area contributed by atoms with Gasteiger partial charge in [-0.2, -0.15) is 5.10 Å². The van der Waals surface area contributed by atoms with Gasteiger partial charge in [0, 0.05) is 44.2 Å². The third kappa shape index (κ3) is 2.57. The number of likely N-dealkylation sites (tertiary alicyclic amines) is 1. The number of nitrogens with zero attached hydrogens (tertiary/aromatic N) is 6. The molecule has 26 heavy (non-hydrogen) atoms. The van der Waals surface area contributed by atoms with Gasteiger partial charge < -0.3 is 4.90 Å². The van der Waals surface area contributed by atoms with Crippen molar-refractivity contribution in [2.24, 2.45) is 7.05 Å². The van der Waals surface area contributed by atoms with Crippen LogP contribution in [-0.4, -0.2) is 47.6 Å². The molecule has 4 heterocycles. The maximum absolute atomic E-state index is 13.2. The Labute approximate surface area is 154 Å². The first kappa shape index (κ1) is 17.0. The van der Waals surface area contributed by atoms with Crippen molar-refractivity contribution < 1.29 is 4.79 Å². The van der Waals surface area contributed by atoms with Crippen molar-refractivity contribution in [3.63, 3.8) is 0 Å². The largest absolute Gasteiger partial charge is 0.345 e. The Morgan fingerprint density at radius 3 is 3.00 bits per heavy atom. The smallest absolute Gasteiger partial charge is 0.337 e. The Hall–Kier alpha value is -2.42. The lowest BCUT2D eigenvalue weighted by Crippen LogP contribution is -2.40. The van der Waals surface area contributed by atoms with Gasteiger partial charge in [-0.25, -0.2) is 14.5 Å². The molecule has 138 valence electrons. The summed E-state index contributed by atoms with van der Waals surface area (Å²) in [5.74, 6) is 0.857. The fraction of sp³-hybridized carbons (Fsp3) is 0.529. The number of aryl methyl sites for hydroxylation is 2. The molecule has 3 aromatic rings. The number of imidazole rings is 1. The van der Waals surface area contributed by atoms with Crippen molar-refractivity contribution in [1.82, 2.24) is 28.6 Å². The van der Waals surface area contributed by atoms with Gasteiger partial charge in [-0.1, -0.05) is 0 Å².